The van der Waals surface area contributed by atoms with Crippen molar-refractivity contribution >= 4 is 5.91 Å². The van der Waals surface area contributed by atoms with Crippen LogP contribution in [-0.4, -0.2) is 38.7 Å². The first-order valence-corrected chi connectivity index (χ1v) is 9.83. The molecule has 0 aliphatic carbocycles. The Labute approximate surface area is 165 Å². The van der Waals surface area contributed by atoms with Gasteiger partial charge in [0.15, 0.2) is 0 Å². The van der Waals surface area contributed by atoms with E-state index in [1.807, 2.05) is 42.2 Å². The molecular weight excluding hydrogens is 352 g/mol. The predicted octanol–water partition coefficient (Wildman–Crippen LogP) is 4.13. The van der Waals surface area contributed by atoms with Gasteiger partial charge in [-0.25, -0.2) is 0 Å². The van der Waals surface area contributed by atoms with E-state index in [0.717, 1.165) is 17.9 Å². The minimum Gasteiger partial charge on any atom is -0.493 e. The van der Waals surface area contributed by atoms with E-state index < -0.39 is 0 Å². The molecule has 0 radical (unpaired) electrons. The van der Waals surface area contributed by atoms with Gasteiger partial charge >= 0.3 is 0 Å². The van der Waals surface area contributed by atoms with E-state index in [-0.39, 0.29) is 11.9 Å². The van der Waals surface area contributed by atoms with E-state index in [2.05, 4.69) is 46.9 Å². The summed E-state index contributed by atoms with van der Waals surface area (Å²) in [4.78, 5) is 15.3. The summed E-state index contributed by atoms with van der Waals surface area (Å²) in [6.45, 7) is 8.35. The molecule has 6 nitrogen and oxygen atoms in total. The monoisotopic (exact) mass is 378 g/mol. The zero-order chi connectivity index (χ0) is 19.7. The van der Waals surface area contributed by atoms with Crippen LogP contribution in [0.25, 0.3) is 11.3 Å². The van der Waals surface area contributed by atoms with Crippen LogP contribution < -0.4 is 4.74 Å². The van der Waals surface area contributed by atoms with Crippen molar-refractivity contribution in [2.45, 2.75) is 33.4 Å². The highest BCUT2D eigenvalue weighted by atomic mass is 16.5. The summed E-state index contributed by atoms with van der Waals surface area (Å²) < 4.78 is 7.95. The van der Waals surface area contributed by atoms with Crippen molar-refractivity contribution in [2.75, 3.05) is 13.2 Å². The minimum atomic E-state index is -0.0150. The van der Waals surface area contributed by atoms with Gasteiger partial charge in [0.2, 0.25) is 0 Å². The van der Waals surface area contributed by atoms with Crippen LogP contribution in [0.5, 0.6) is 5.75 Å². The lowest BCUT2D eigenvalue weighted by atomic mass is 9.96. The molecule has 6 heteroatoms. The number of benzene rings is 1. The maximum Gasteiger partial charge on any atom is 0.272 e. The van der Waals surface area contributed by atoms with Crippen molar-refractivity contribution in [1.82, 2.24) is 19.7 Å². The third-order valence-corrected chi connectivity index (χ3v) is 5.25. The van der Waals surface area contributed by atoms with Crippen LogP contribution in [0, 0.1) is 5.92 Å². The highest BCUT2D eigenvalue weighted by molar-refractivity contribution is 5.94. The van der Waals surface area contributed by atoms with Crippen LogP contribution in [0.3, 0.4) is 0 Å². The molecule has 0 spiro atoms. The molecule has 1 amide bonds. The summed E-state index contributed by atoms with van der Waals surface area (Å²) >= 11 is 0. The molecule has 0 unspecified atom stereocenters. The summed E-state index contributed by atoms with van der Waals surface area (Å²) in [5.74, 6) is 1.07. The lowest BCUT2D eigenvalue weighted by Gasteiger charge is -2.39. The van der Waals surface area contributed by atoms with Crippen molar-refractivity contribution in [3.8, 4) is 17.0 Å². The van der Waals surface area contributed by atoms with Crippen molar-refractivity contribution in [2.24, 2.45) is 5.92 Å². The molecule has 0 saturated heterocycles. The SMILES string of the molecule is CCOc1ccccc1-c1cc(C(=O)N2CCn3cccc3[C@@H]2C(C)C)[nH]n1. The van der Waals surface area contributed by atoms with Gasteiger partial charge in [0.05, 0.1) is 18.3 Å². The Morgan fingerprint density at radius 1 is 1.25 bits per heavy atom. The Balaban J connectivity index is 1.63. The second-order valence-corrected chi connectivity index (χ2v) is 7.41. The number of rotatable bonds is 5. The highest BCUT2D eigenvalue weighted by Crippen LogP contribution is 2.34. The van der Waals surface area contributed by atoms with E-state index in [1.165, 1.54) is 5.69 Å². The molecule has 0 saturated carbocycles. The van der Waals surface area contributed by atoms with Crippen LogP contribution in [0.4, 0.5) is 0 Å². The van der Waals surface area contributed by atoms with Crippen LogP contribution in [-0.2, 0) is 6.54 Å². The fourth-order valence-corrected chi connectivity index (χ4v) is 4.03. The lowest BCUT2D eigenvalue weighted by Crippen LogP contribution is -2.44. The number of carbonyl (C=O) groups excluding carboxylic acids is 1. The van der Waals surface area contributed by atoms with Gasteiger partial charge in [-0.1, -0.05) is 26.0 Å². The second-order valence-electron chi connectivity index (χ2n) is 7.41. The standard InChI is InChI=1S/C22H26N4O2/c1-4-28-20-10-6-5-8-16(20)17-14-18(24-23-17)22(27)26-13-12-25-11-7-9-19(25)21(26)15(2)3/h5-11,14-15,21H,4,12-13H2,1-3H3,(H,23,24)/t21-/m0/s1. The number of carbonyl (C=O) groups is 1. The van der Waals surface area contributed by atoms with Crippen LogP contribution in [0.1, 0.15) is 43.0 Å². The van der Waals surface area contributed by atoms with Crippen molar-refractivity contribution in [3.05, 3.63) is 60.0 Å². The molecule has 3 heterocycles. The number of aromatic nitrogens is 3. The number of fused-ring (bicyclic) bond motifs is 1. The van der Waals surface area contributed by atoms with Gasteiger partial charge in [-0.15, -0.1) is 0 Å². The van der Waals surface area contributed by atoms with E-state index in [1.54, 1.807) is 0 Å². The lowest BCUT2D eigenvalue weighted by molar-refractivity contribution is 0.0550. The summed E-state index contributed by atoms with van der Waals surface area (Å²) in [5.41, 5.74) is 3.30. The van der Waals surface area contributed by atoms with Crippen molar-refractivity contribution in [3.63, 3.8) is 0 Å². The fourth-order valence-electron chi connectivity index (χ4n) is 4.03. The van der Waals surface area contributed by atoms with Gasteiger partial charge in [-0.2, -0.15) is 5.10 Å². The van der Waals surface area contributed by atoms with Gasteiger partial charge in [0.25, 0.3) is 5.91 Å². The normalized spacial score (nSPS) is 16.3. The summed E-state index contributed by atoms with van der Waals surface area (Å²) in [6, 6.07) is 13.8. The largest absolute Gasteiger partial charge is 0.493 e. The minimum absolute atomic E-state index is 0.0150. The molecule has 146 valence electrons. The van der Waals surface area contributed by atoms with Crippen LogP contribution >= 0.6 is 0 Å². The van der Waals surface area contributed by atoms with Crippen LogP contribution in [0.15, 0.2) is 48.7 Å². The number of nitrogens with one attached hydrogen (secondary N) is 1. The Kier molecular flexibility index (Phi) is 4.94. The predicted molar refractivity (Wildman–Crippen MR) is 108 cm³/mol. The zero-order valence-corrected chi connectivity index (χ0v) is 16.6. The molecule has 1 N–H and O–H groups in total. The number of ether oxygens (including phenoxy) is 1. The molecule has 3 aromatic rings. The molecule has 0 bridgehead atoms. The van der Waals surface area contributed by atoms with Gasteiger partial charge in [-0.3, -0.25) is 9.89 Å². The topological polar surface area (TPSA) is 63.1 Å². The second kappa shape index (κ2) is 7.54. The summed E-state index contributed by atoms with van der Waals surface area (Å²) in [6.07, 6.45) is 2.09. The average Bonchev–Trinajstić information content (AvgIpc) is 3.36. The first kappa shape index (κ1) is 18.3. The number of aromatic amines is 1. The molecule has 4 rings (SSSR count). The van der Waals surface area contributed by atoms with Crippen LogP contribution in [0.2, 0.25) is 0 Å². The Hall–Kier alpha value is -3.02. The highest BCUT2D eigenvalue weighted by Gasteiger charge is 2.34. The number of hydrogen-bond donors (Lipinski definition) is 1. The van der Waals surface area contributed by atoms with E-state index in [0.29, 0.717) is 30.5 Å². The Morgan fingerprint density at radius 2 is 2.07 bits per heavy atom. The molecule has 2 aromatic heterocycles. The summed E-state index contributed by atoms with van der Waals surface area (Å²) in [7, 11) is 0. The van der Waals surface area contributed by atoms with Crippen molar-refractivity contribution < 1.29 is 9.53 Å². The fraction of sp³-hybridized carbons (Fsp3) is 0.364. The van der Waals surface area contributed by atoms with E-state index in [4.69, 9.17) is 4.74 Å². The smallest absolute Gasteiger partial charge is 0.272 e. The van der Waals surface area contributed by atoms with Gasteiger partial charge in [0.1, 0.15) is 11.4 Å². The molecular formula is C22H26N4O2. The van der Waals surface area contributed by atoms with Crippen molar-refractivity contribution in [1.29, 1.82) is 0 Å². The molecule has 1 aromatic carbocycles. The number of H-pyrrole nitrogens is 1. The van der Waals surface area contributed by atoms with E-state index >= 15 is 0 Å². The molecule has 1 aliphatic rings. The number of para-hydroxylation sites is 1. The quantitative estimate of drug-likeness (QED) is 0.726. The van der Waals surface area contributed by atoms with Gasteiger partial charge in [-0.05, 0) is 43.2 Å². The third-order valence-electron chi connectivity index (χ3n) is 5.25. The molecule has 0 fully saturated rings. The molecule has 1 aliphatic heterocycles. The number of nitrogens with zero attached hydrogens (tertiary/aromatic N) is 3. The Bertz CT molecular complexity index is 972. The molecule has 28 heavy (non-hydrogen) atoms. The first-order chi connectivity index (χ1) is 13.6. The average molecular weight is 378 g/mol. The van der Waals surface area contributed by atoms with E-state index in [9.17, 15) is 4.79 Å². The summed E-state index contributed by atoms with van der Waals surface area (Å²) in [5, 5.41) is 7.34. The molecule has 1 atom stereocenters. The third kappa shape index (κ3) is 3.19. The van der Waals surface area contributed by atoms with Gasteiger partial charge in [0, 0.05) is 30.5 Å². The maximum atomic E-state index is 13.3. The Morgan fingerprint density at radius 3 is 2.86 bits per heavy atom. The maximum absolute atomic E-state index is 13.3. The van der Waals surface area contributed by atoms with Gasteiger partial charge < -0.3 is 14.2 Å². The first-order valence-electron chi connectivity index (χ1n) is 9.83. The number of hydrogen-bond acceptors (Lipinski definition) is 3. The zero-order valence-electron chi connectivity index (χ0n) is 16.6. The number of amides is 1.